The lowest BCUT2D eigenvalue weighted by Crippen LogP contribution is -2.23. The Bertz CT molecular complexity index is 1050. The van der Waals surface area contributed by atoms with E-state index in [0.29, 0.717) is 5.82 Å². The number of anilines is 2. The molecule has 3 aromatic rings. The number of hydrogen-bond donors (Lipinski definition) is 2. The third kappa shape index (κ3) is 3.29. The van der Waals surface area contributed by atoms with E-state index in [1.54, 1.807) is 4.68 Å². The van der Waals surface area contributed by atoms with Gasteiger partial charge < -0.3 is 10.6 Å². The minimum Gasteiger partial charge on any atom is -0.326 e. The SMILES string of the molecule is Cc1cc(C)cc(NC(=O)CC2C(=O)Nc3c(-c4ccccc4)c(C)nn32)c1. The zero-order valence-electron chi connectivity index (χ0n) is 16.1. The lowest BCUT2D eigenvalue weighted by atomic mass is 10.1. The Kier molecular flexibility index (Phi) is 4.47. The van der Waals surface area contributed by atoms with Gasteiger partial charge in [-0.25, -0.2) is 4.68 Å². The molecule has 142 valence electrons. The van der Waals surface area contributed by atoms with Crippen molar-refractivity contribution in [1.82, 2.24) is 9.78 Å². The molecule has 1 atom stereocenters. The minimum absolute atomic E-state index is 0.0289. The summed E-state index contributed by atoms with van der Waals surface area (Å²) in [5, 5.41) is 10.3. The second-order valence-corrected chi connectivity index (χ2v) is 7.25. The first kappa shape index (κ1) is 18.0. The van der Waals surface area contributed by atoms with Gasteiger partial charge in [-0.3, -0.25) is 9.59 Å². The van der Waals surface area contributed by atoms with Gasteiger partial charge in [-0.1, -0.05) is 36.4 Å². The molecular weight excluding hydrogens is 352 g/mol. The highest BCUT2D eigenvalue weighted by atomic mass is 16.2. The molecular formula is C22H22N4O2. The molecule has 0 radical (unpaired) electrons. The van der Waals surface area contributed by atoms with Crippen LogP contribution in [0.5, 0.6) is 0 Å². The zero-order valence-corrected chi connectivity index (χ0v) is 16.1. The van der Waals surface area contributed by atoms with Crippen LogP contribution in [0.3, 0.4) is 0 Å². The summed E-state index contributed by atoms with van der Waals surface area (Å²) in [6.07, 6.45) is 0.0289. The number of rotatable bonds is 4. The van der Waals surface area contributed by atoms with Gasteiger partial charge in [0.1, 0.15) is 11.9 Å². The number of fused-ring (bicyclic) bond motifs is 1. The highest BCUT2D eigenvalue weighted by Crippen LogP contribution is 2.38. The van der Waals surface area contributed by atoms with Crippen molar-refractivity contribution in [1.29, 1.82) is 0 Å². The van der Waals surface area contributed by atoms with Crippen LogP contribution in [0.15, 0.2) is 48.5 Å². The number of hydrogen-bond acceptors (Lipinski definition) is 3. The average Bonchev–Trinajstić information content (AvgIpc) is 3.09. The lowest BCUT2D eigenvalue weighted by molar-refractivity contribution is -0.123. The van der Waals surface area contributed by atoms with Gasteiger partial charge in [0, 0.05) is 11.3 Å². The maximum atomic E-state index is 12.6. The molecule has 0 saturated carbocycles. The third-order valence-electron chi connectivity index (χ3n) is 4.87. The van der Waals surface area contributed by atoms with Crippen molar-refractivity contribution in [2.75, 3.05) is 10.6 Å². The molecule has 6 heteroatoms. The van der Waals surface area contributed by atoms with Crippen LogP contribution in [0.25, 0.3) is 11.1 Å². The lowest BCUT2D eigenvalue weighted by Gasteiger charge is -2.11. The second kappa shape index (κ2) is 6.96. The van der Waals surface area contributed by atoms with Crippen LogP contribution in [0.4, 0.5) is 11.5 Å². The highest BCUT2D eigenvalue weighted by Gasteiger charge is 2.36. The fourth-order valence-electron chi connectivity index (χ4n) is 3.77. The van der Waals surface area contributed by atoms with E-state index in [2.05, 4.69) is 15.7 Å². The van der Waals surface area contributed by atoms with Crippen LogP contribution in [0.2, 0.25) is 0 Å². The van der Waals surface area contributed by atoms with Gasteiger partial charge in [0.25, 0.3) is 5.91 Å². The number of aromatic nitrogens is 2. The number of aryl methyl sites for hydroxylation is 3. The van der Waals surface area contributed by atoms with E-state index in [9.17, 15) is 9.59 Å². The van der Waals surface area contributed by atoms with Crippen molar-refractivity contribution in [2.24, 2.45) is 0 Å². The molecule has 0 spiro atoms. The van der Waals surface area contributed by atoms with Gasteiger partial charge in [0.05, 0.1) is 12.1 Å². The molecule has 28 heavy (non-hydrogen) atoms. The topological polar surface area (TPSA) is 76.0 Å². The van der Waals surface area contributed by atoms with E-state index >= 15 is 0 Å². The van der Waals surface area contributed by atoms with Crippen molar-refractivity contribution in [2.45, 2.75) is 33.2 Å². The van der Waals surface area contributed by atoms with Crippen molar-refractivity contribution in [3.63, 3.8) is 0 Å². The van der Waals surface area contributed by atoms with E-state index in [-0.39, 0.29) is 18.2 Å². The van der Waals surface area contributed by atoms with Gasteiger partial charge in [0.2, 0.25) is 5.91 Å². The molecule has 2 heterocycles. The summed E-state index contributed by atoms with van der Waals surface area (Å²) in [6.45, 7) is 5.88. The maximum absolute atomic E-state index is 12.6. The second-order valence-electron chi connectivity index (χ2n) is 7.25. The summed E-state index contributed by atoms with van der Waals surface area (Å²) >= 11 is 0. The predicted octanol–water partition coefficient (Wildman–Crippen LogP) is 4.00. The van der Waals surface area contributed by atoms with Crippen LogP contribution in [-0.2, 0) is 9.59 Å². The molecule has 2 aromatic carbocycles. The van der Waals surface area contributed by atoms with Gasteiger partial charge in [0.15, 0.2) is 0 Å². The molecule has 1 aliphatic heterocycles. The Morgan fingerprint density at radius 2 is 1.79 bits per heavy atom. The van der Waals surface area contributed by atoms with E-state index < -0.39 is 6.04 Å². The number of benzene rings is 2. The highest BCUT2D eigenvalue weighted by molar-refractivity contribution is 6.04. The number of nitrogens with one attached hydrogen (secondary N) is 2. The average molecular weight is 374 g/mol. The van der Waals surface area contributed by atoms with E-state index in [0.717, 1.165) is 33.6 Å². The third-order valence-corrected chi connectivity index (χ3v) is 4.87. The van der Waals surface area contributed by atoms with Gasteiger partial charge in [-0.2, -0.15) is 5.10 Å². The first-order valence-electron chi connectivity index (χ1n) is 9.26. The van der Waals surface area contributed by atoms with E-state index in [4.69, 9.17) is 0 Å². The Balaban J connectivity index is 1.58. The fraction of sp³-hybridized carbons (Fsp3) is 0.227. The van der Waals surface area contributed by atoms with Crippen molar-refractivity contribution < 1.29 is 9.59 Å². The first-order chi connectivity index (χ1) is 13.4. The maximum Gasteiger partial charge on any atom is 0.251 e. The largest absolute Gasteiger partial charge is 0.326 e. The monoisotopic (exact) mass is 374 g/mol. The molecule has 1 aliphatic rings. The molecule has 0 saturated heterocycles. The Morgan fingerprint density at radius 1 is 1.11 bits per heavy atom. The Morgan fingerprint density at radius 3 is 2.46 bits per heavy atom. The summed E-state index contributed by atoms with van der Waals surface area (Å²) in [5.74, 6) is 0.223. The van der Waals surface area contributed by atoms with Gasteiger partial charge in [-0.15, -0.1) is 0 Å². The molecule has 0 bridgehead atoms. The summed E-state index contributed by atoms with van der Waals surface area (Å²) < 4.78 is 1.64. The van der Waals surface area contributed by atoms with Crippen molar-refractivity contribution >= 4 is 23.3 Å². The summed E-state index contributed by atoms with van der Waals surface area (Å²) in [6, 6.07) is 15.0. The summed E-state index contributed by atoms with van der Waals surface area (Å²) in [4.78, 5) is 25.1. The molecule has 6 nitrogen and oxygen atoms in total. The molecule has 4 rings (SSSR count). The van der Waals surface area contributed by atoms with Crippen LogP contribution >= 0.6 is 0 Å². The van der Waals surface area contributed by atoms with Crippen molar-refractivity contribution in [3.05, 3.63) is 65.4 Å². The molecule has 0 aliphatic carbocycles. The quantitative estimate of drug-likeness (QED) is 0.725. The molecule has 1 aromatic heterocycles. The number of carbonyl (C=O) groups is 2. The molecule has 0 fully saturated rings. The number of nitrogens with zero attached hydrogens (tertiary/aromatic N) is 2. The van der Waals surface area contributed by atoms with Crippen LogP contribution in [0.1, 0.15) is 29.3 Å². The smallest absolute Gasteiger partial charge is 0.251 e. The molecule has 2 amide bonds. The summed E-state index contributed by atoms with van der Waals surface area (Å²) in [5.41, 5.74) is 5.59. The standard InChI is InChI=1S/C22H22N4O2/c1-13-9-14(2)11-17(10-13)23-19(27)12-18-22(28)24-21-20(15(3)25-26(18)21)16-7-5-4-6-8-16/h4-11,18H,12H2,1-3H3,(H,23,27)(H,24,28). The van der Waals surface area contributed by atoms with E-state index in [1.165, 1.54) is 0 Å². The molecule has 1 unspecified atom stereocenters. The molecule has 2 N–H and O–H groups in total. The van der Waals surface area contributed by atoms with Gasteiger partial charge in [-0.05, 0) is 49.6 Å². The fourth-order valence-corrected chi connectivity index (χ4v) is 3.77. The number of amides is 2. The van der Waals surface area contributed by atoms with Crippen LogP contribution < -0.4 is 10.6 Å². The minimum atomic E-state index is -0.655. The summed E-state index contributed by atoms with van der Waals surface area (Å²) in [7, 11) is 0. The number of carbonyl (C=O) groups excluding carboxylic acids is 2. The Hall–Kier alpha value is -3.41. The van der Waals surface area contributed by atoms with Crippen LogP contribution in [-0.4, -0.2) is 21.6 Å². The van der Waals surface area contributed by atoms with Crippen LogP contribution in [0, 0.1) is 20.8 Å². The normalized spacial score (nSPS) is 15.2. The first-order valence-corrected chi connectivity index (χ1v) is 9.26. The van der Waals surface area contributed by atoms with Crippen molar-refractivity contribution in [3.8, 4) is 11.1 Å². The zero-order chi connectivity index (χ0) is 19.8. The van der Waals surface area contributed by atoms with E-state index in [1.807, 2.05) is 69.3 Å². The Labute approximate surface area is 163 Å². The van der Waals surface area contributed by atoms with Gasteiger partial charge >= 0.3 is 0 Å². The predicted molar refractivity (Wildman–Crippen MR) is 109 cm³/mol.